The zero-order valence-corrected chi connectivity index (χ0v) is 12.9. The third-order valence-electron chi connectivity index (χ3n) is 2.56. The average Bonchev–Trinajstić information content (AvgIpc) is 2.49. The molecule has 0 atom stereocenters. The monoisotopic (exact) mass is 365 g/mol. The molecular formula is C13H9BrClN5O. The molecule has 6 nitrogen and oxygen atoms in total. The van der Waals surface area contributed by atoms with Crippen LogP contribution >= 0.6 is 27.5 Å². The van der Waals surface area contributed by atoms with Crippen molar-refractivity contribution in [2.45, 2.75) is 0 Å². The van der Waals surface area contributed by atoms with E-state index < -0.39 is 5.91 Å². The first-order valence-electron chi connectivity index (χ1n) is 5.69. The first-order chi connectivity index (χ1) is 10.0. The van der Waals surface area contributed by atoms with Gasteiger partial charge in [0.05, 0.1) is 22.3 Å². The number of hydrazine groups is 1. The Balaban J connectivity index is 2.28. The second-order valence-electron chi connectivity index (χ2n) is 3.93. The Morgan fingerprint density at radius 1 is 1.38 bits per heavy atom. The Kier molecular flexibility index (Phi) is 4.75. The molecule has 1 aromatic heterocycles. The molecule has 0 radical (unpaired) electrons. The number of carbonyl (C=O) groups is 1. The lowest BCUT2D eigenvalue weighted by molar-refractivity contribution is 0.102. The van der Waals surface area contributed by atoms with Gasteiger partial charge in [-0.1, -0.05) is 11.6 Å². The number of hydrogen-bond donors (Lipinski definition) is 3. The number of rotatable bonds is 3. The summed E-state index contributed by atoms with van der Waals surface area (Å²) in [6, 6.07) is 9.88. The van der Waals surface area contributed by atoms with Gasteiger partial charge in [-0.2, -0.15) is 5.26 Å². The molecule has 8 heteroatoms. The first kappa shape index (κ1) is 15.3. The number of carbonyl (C=O) groups excluding carboxylic acids is 1. The minimum absolute atomic E-state index is 0.0448. The molecule has 0 fully saturated rings. The molecule has 1 heterocycles. The first-order valence-corrected chi connectivity index (χ1v) is 6.86. The van der Waals surface area contributed by atoms with Gasteiger partial charge in [0.2, 0.25) is 0 Å². The van der Waals surface area contributed by atoms with Gasteiger partial charge in [0.15, 0.2) is 0 Å². The molecule has 2 aromatic rings. The normalized spacial score (nSPS) is 9.81. The second-order valence-corrected chi connectivity index (χ2v) is 5.19. The van der Waals surface area contributed by atoms with Crippen molar-refractivity contribution < 1.29 is 4.79 Å². The van der Waals surface area contributed by atoms with Gasteiger partial charge >= 0.3 is 0 Å². The number of pyridine rings is 1. The SMILES string of the molecule is N#Cc1ccc(NC(=O)c2nc(NN)ccc2Cl)c(Br)c1. The predicted octanol–water partition coefficient (Wildman–Crippen LogP) is 2.91. The quantitative estimate of drug-likeness (QED) is 0.572. The summed E-state index contributed by atoms with van der Waals surface area (Å²) in [5, 5.41) is 11.7. The maximum absolute atomic E-state index is 12.2. The van der Waals surface area contributed by atoms with Crippen molar-refractivity contribution in [2.24, 2.45) is 5.84 Å². The molecule has 106 valence electrons. The van der Waals surface area contributed by atoms with Crippen LogP contribution < -0.4 is 16.6 Å². The Morgan fingerprint density at radius 3 is 2.76 bits per heavy atom. The summed E-state index contributed by atoms with van der Waals surface area (Å²) < 4.78 is 0.583. The van der Waals surface area contributed by atoms with Crippen LogP contribution in [0.25, 0.3) is 0 Å². The van der Waals surface area contributed by atoms with Crippen molar-refractivity contribution in [2.75, 3.05) is 10.7 Å². The van der Waals surface area contributed by atoms with Crippen LogP contribution in [0.15, 0.2) is 34.8 Å². The lowest BCUT2D eigenvalue weighted by Gasteiger charge is -2.09. The number of hydrogen-bond acceptors (Lipinski definition) is 5. The Bertz CT molecular complexity index is 744. The Hall–Kier alpha value is -2.14. The van der Waals surface area contributed by atoms with E-state index in [0.717, 1.165) is 0 Å². The van der Waals surface area contributed by atoms with Gasteiger partial charge in [0.25, 0.3) is 5.91 Å². The highest BCUT2D eigenvalue weighted by Gasteiger charge is 2.14. The Labute approximate surface area is 134 Å². The zero-order valence-electron chi connectivity index (χ0n) is 10.5. The number of aromatic nitrogens is 1. The number of anilines is 2. The van der Waals surface area contributed by atoms with Gasteiger partial charge in [-0.3, -0.25) is 4.79 Å². The van der Waals surface area contributed by atoms with Gasteiger partial charge < -0.3 is 10.7 Å². The lowest BCUT2D eigenvalue weighted by Crippen LogP contribution is -2.17. The van der Waals surface area contributed by atoms with Crippen molar-refractivity contribution in [3.8, 4) is 6.07 Å². The van der Waals surface area contributed by atoms with Gasteiger partial charge in [-0.05, 0) is 46.3 Å². The molecular weight excluding hydrogens is 358 g/mol. The average molecular weight is 367 g/mol. The molecule has 0 bridgehead atoms. The van der Waals surface area contributed by atoms with Gasteiger partial charge in [-0.15, -0.1) is 0 Å². The number of amides is 1. The highest BCUT2D eigenvalue weighted by molar-refractivity contribution is 9.10. The molecule has 0 aliphatic heterocycles. The zero-order chi connectivity index (χ0) is 15.4. The number of nitrogens with one attached hydrogen (secondary N) is 2. The minimum atomic E-state index is -0.484. The maximum Gasteiger partial charge on any atom is 0.275 e. The van der Waals surface area contributed by atoms with E-state index in [4.69, 9.17) is 22.7 Å². The number of nitrogens with two attached hydrogens (primary N) is 1. The van der Waals surface area contributed by atoms with Crippen LogP contribution in [-0.2, 0) is 0 Å². The van der Waals surface area contributed by atoms with Crippen LogP contribution in [0.5, 0.6) is 0 Å². The van der Waals surface area contributed by atoms with Crippen LogP contribution in [0.1, 0.15) is 16.1 Å². The van der Waals surface area contributed by atoms with Crippen LogP contribution in [0.4, 0.5) is 11.5 Å². The van der Waals surface area contributed by atoms with E-state index in [2.05, 4.69) is 31.7 Å². The van der Waals surface area contributed by atoms with Crippen molar-refractivity contribution in [3.05, 3.63) is 51.1 Å². The molecule has 0 unspecified atom stereocenters. The fourth-order valence-corrected chi connectivity index (χ4v) is 2.22. The van der Waals surface area contributed by atoms with E-state index in [9.17, 15) is 4.79 Å². The summed E-state index contributed by atoms with van der Waals surface area (Å²) in [5.74, 6) is 5.09. The summed E-state index contributed by atoms with van der Waals surface area (Å²) in [4.78, 5) is 16.2. The molecule has 0 aliphatic rings. The largest absolute Gasteiger partial charge is 0.320 e. The summed E-state index contributed by atoms with van der Waals surface area (Å²) in [6.45, 7) is 0. The molecule has 0 aliphatic carbocycles. The van der Waals surface area contributed by atoms with Crippen LogP contribution in [-0.4, -0.2) is 10.9 Å². The number of halogens is 2. The van der Waals surface area contributed by atoms with Crippen molar-refractivity contribution in [3.63, 3.8) is 0 Å². The van der Waals surface area contributed by atoms with E-state index in [1.165, 1.54) is 6.07 Å². The van der Waals surface area contributed by atoms with Gasteiger partial charge in [0, 0.05) is 4.47 Å². The lowest BCUT2D eigenvalue weighted by atomic mass is 10.2. The molecule has 1 amide bonds. The van der Waals surface area contributed by atoms with Crippen LogP contribution in [0.3, 0.4) is 0 Å². The third-order valence-corrected chi connectivity index (χ3v) is 3.52. The third kappa shape index (κ3) is 3.49. The summed E-state index contributed by atoms with van der Waals surface area (Å²) >= 11 is 9.24. The molecule has 0 saturated heterocycles. The topological polar surface area (TPSA) is 104 Å². The van der Waals surface area contributed by atoms with Crippen molar-refractivity contribution in [1.82, 2.24) is 4.98 Å². The van der Waals surface area contributed by atoms with E-state index >= 15 is 0 Å². The standard InChI is InChI=1S/C13H9BrClN5O/c14-8-5-7(6-16)1-3-10(8)18-13(21)12-9(15)2-4-11(19-12)20-17/h1-5H,17H2,(H,18,21)(H,19,20). The molecule has 21 heavy (non-hydrogen) atoms. The molecule has 1 aromatic carbocycles. The highest BCUT2D eigenvalue weighted by atomic mass is 79.9. The summed E-state index contributed by atoms with van der Waals surface area (Å²) in [7, 11) is 0. The second kappa shape index (κ2) is 6.54. The van der Waals surface area contributed by atoms with E-state index in [-0.39, 0.29) is 10.7 Å². The molecule has 0 spiro atoms. The highest BCUT2D eigenvalue weighted by Crippen LogP contribution is 2.25. The summed E-state index contributed by atoms with van der Waals surface area (Å²) in [5.41, 5.74) is 3.37. The minimum Gasteiger partial charge on any atom is -0.320 e. The predicted molar refractivity (Wildman–Crippen MR) is 83.9 cm³/mol. The van der Waals surface area contributed by atoms with Crippen molar-refractivity contribution in [1.29, 1.82) is 5.26 Å². The Morgan fingerprint density at radius 2 is 2.14 bits per heavy atom. The van der Waals surface area contributed by atoms with E-state index in [1.807, 2.05) is 6.07 Å². The fraction of sp³-hybridized carbons (Fsp3) is 0. The fourth-order valence-electron chi connectivity index (χ4n) is 1.55. The smallest absolute Gasteiger partial charge is 0.275 e. The molecule has 2 rings (SSSR count). The summed E-state index contributed by atoms with van der Waals surface area (Å²) in [6.07, 6.45) is 0. The molecule has 0 saturated carbocycles. The number of nitrogen functional groups attached to an aromatic ring is 1. The van der Waals surface area contributed by atoms with Gasteiger partial charge in [-0.25, -0.2) is 10.8 Å². The van der Waals surface area contributed by atoms with Gasteiger partial charge in [0.1, 0.15) is 11.5 Å². The van der Waals surface area contributed by atoms with Crippen molar-refractivity contribution >= 4 is 44.9 Å². The molecule has 4 N–H and O–H groups in total. The number of nitrogens with zero attached hydrogens (tertiary/aromatic N) is 2. The van der Waals surface area contributed by atoms with E-state index in [0.29, 0.717) is 21.5 Å². The van der Waals surface area contributed by atoms with Crippen LogP contribution in [0.2, 0.25) is 5.02 Å². The number of benzene rings is 1. The van der Waals surface area contributed by atoms with E-state index in [1.54, 1.807) is 24.3 Å². The number of nitriles is 1. The van der Waals surface area contributed by atoms with Crippen LogP contribution in [0, 0.1) is 11.3 Å². The maximum atomic E-state index is 12.2.